The fraction of sp³-hybridized carbons (Fsp3) is 0.214. The number of rotatable bonds is 10. The van der Waals surface area contributed by atoms with Crippen molar-refractivity contribution in [3.05, 3.63) is 108 Å². The highest BCUT2D eigenvalue weighted by Gasteiger charge is 2.21. The van der Waals surface area contributed by atoms with Gasteiger partial charge in [0, 0.05) is 18.6 Å². The highest BCUT2D eigenvalue weighted by molar-refractivity contribution is 7.89. The van der Waals surface area contributed by atoms with E-state index in [-0.39, 0.29) is 29.4 Å². The highest BCUT2D eigenvalue weighted by atomic mass is 35.5. The van der Waals surface area contributed by atoms with Crippen LogP contribution in [0.15, 0.2) is 102 Å². The number of hydrogen-bond donors (Lipinski definition) is 2. The third-order valence-corrected chi connectivity index (χ3v) is 7.51. The summed E-state index contributed by atoms with van der Waals surface area (Å²) in [6.45, 7) is 2.59. The second-order valence-corrected chi connectivity index (χ2v) is 10.1. The van der Waals surface area contributed by atoms with Crippen LogP contribution in [0.5, 0.6) is 5.75 Å². The molecule has 7 heteroatoms. The van der Waals surface area contributed by atoms with Gasteiger partial charge in [0.1, 0.15) is 5.75 Å². The van der Waals surface area contributed by atoms with Gasteiger partial charge in [-0.25, -0.2) is 13.1 Å². The van der Waals surface area contributed by atoms with Crippen LogP contribution in [-0.2, 0) is 16.4 Å². The van der Waals surface area contributed by atoms with E-state index in [9.17, 15) is 8.42 Å². The van der Waals surface area contributed by atoms with E-state index < -0.39 is 10.0 Å². The van der Waals surface area contributed by atoms with E-state index in [1.54, 1.807) is 31.4 Å². The van der Waals surface area contributed by atoms with Crippen molar-refractivity contribution in [1.82, 2.24) is 10.0 Å². The van der Waals surface area contributed by atoms with Crippen LogP contribution >= 0.6 is 12.4 Å². The van der Waals surface area contributed by atoms with Crippen molar-refractivity contribution in [3.63, 3.8) is 0 Å². The molecule has 0 aliphatic carbocycles. The molecule has 4 aromatic rings. The van der Waals surface area contributed by atoms with E-state index >= 15 is 0 Å². The zero-order valence-corrected chi connectivity index (χ0v) is 21.5. The van der Waals surface area contributed by atoms with Gasteiger partial charge in [0.25, 0.3) is 0 Å². The maximum absolute atomic E-state index is 13.1. The molecule has 0 radical (unpaired) electrons. The molecule has 0 amide bonds. The summed E-state index contributed by atoms with van der Waals surface area (Å²) in [7, 11) is -2.14. The van der Waals surface area contributed by atoms with Crippen molar-refractivity contribution in [1.29, 1.82) is 0 Å². The Morgan fingerprint density at radius 2 is 1.49 bits per heavy atom. The number of sulfonamides is 1. The van der Waals surface area contributed by atoms with Crippen molar-refractivity contribution in [2.45, 2.75) is 30.3 Å². The molecule has 184 valence electrons. The third-order valence-electron chi connectivity index (χ3n) is 5.98. The minimum Gasteiger partial charge on any atom is -0.497 e. The molecule has 0 spiro atoms. The monoisotopic (exact) mass is 510 g/mol. The lowest BCUT2D eigenvalue weighted by molar-refractivity contribution is 0.414. The van der Waals surface area contributed by atoms with E-state index in [0.29, 0.717) is 18.7 Å². The predicted octanol–water partition coefficient (Wildman–Crippen LogP) is 5.51. The van der Waals surface area contributed by atoms with E-state index in [0.717, 1.165) is 5.56 Å². The fourth-order valence-corrected chi connectivity index (χ4v) is 5.39. The van der Waals surface area contributed by atoms with Crippen molar-refractivity contribution < 1.29 is 13.2 Å². The van der Waals surface area contributed by atoms with Gasteiger partial charge in [-0.05, 0) is 59.5 Å². The van der Waals surface area contributed by atoms with Gasteiger partial charge in [-0.2, -0.15) is 0 Å². The highest BCUT2D eigenvalue weighted by Crippen LogP contribution is 2.24. The molecule has 4 aromatic carbocycles. The quantitative estimate of drug-likeness (QED) is 0.295. The second-order valence-electron chi connectivity index (χ2n) is 8.38. The summed E-state index contributed by atoms with van der Waals surface area (Å²) in [6, 6.07) is 30.7. The van der Waals surface area contributed by atoms with E-state index in [2.05, 4.69) is 47.3 Å². The number of methoxy groups -OCH3 is 1. The van der Waals surface area contributed by atoms with Gasteiger partial charge in [0.2, 0.25) is 10.0 Å². The smallest absolute Gasteiger partial charge is 0.240 e. The van der Waals surface area contributed by atoms with Crippen LogP contribution in [0.25, 0.3) is 10.8 Å². The summed E-state index contributed by atoms with van der Waals surface area (Å²) in [4.78, 5) is 0.216. The van der Waals surface area contributed by atoms with Crippen LogP contribution in [0.3, 0.4) is 0 Å². The molecule has 2 N–H and O–H groups in total. The molecule has 2 unspecified atom stereocenters. The van der Waals surface area contributed by atoms with Crippen LogP contribution in [0.4, 0.5) is 0 Å². The Kier molecular flexibility index (Phi) is 9.29. The van der Waals surface area contributed by atoms with E-state index in [1.807, 2.05) is 42.5 Å². The van der Waals surface area contributed by atoms with Crippen molar-refractivity contribution in [3.8, 4) is 5.75 Å². The van der Waals surface area contributed by atoms with Crippen LogP contribution in [0.1, 0.15) is 24.1 Å². The molecule has 0 heterocycles. The molecule has 0 fully saturated rings. The molecule has 4 rings (SSSR count). The summed E-state index contributed by atoms with van der Waals surface area (Å²) in [5, 5.41) is 5.94. The summed E-state index contributed by atoms with van der Waals surface area (Å²) in [5.41, 5.74) is 2.26. The van der Waals surface area contributed by atoms with Gasteiger partial charge in [0.15, 0.2) is 0 Å². The predicted molar refractivity (Wildman–Crippen MR) is 145 cm³/mol. The number of hydrogen-bond acceptors (Lipinski definition) is 4. The normalized spacial score (nSPS) is 13.1. The number of halogens is 1. The van der Waals surface area contributed by atoms with E-state index in [1.165, 1.54) is 16.3 Å². The first-order chi connectivity index (χ1) is 16.5. The molecule has 35 heavy (non-hydrogen) atoms. The average Bonchev–Trinajstić information content (AvgIpc) is 2.87. The number of fused-ring (bicyclic) bond motifs is 1. The first-order valence-electron chi connectivity index (χ1n) is 11.4. The Morgan fingerprint density at radius 1 is 0.829 bits per heavy atom. The molecule has 0 aliphatic heterocycles. The zero-order valence-electron chi connectivity index (χ0n) is 19.8. The molecule has 0 bridgehead atoms. The standard InChI is InChI=1S/C28H30N2O3S.ClH/c1-21(27-14-8-12-23-11-6-7-13-28(23)27)29-20-24(19-22-9-4-3-5-10-22)30-34(31,32)26-17-15-25(33-2)16-18-26;/h3-18,21,24,29-30H,19-20H2,1-2H3;1H. The van der Waals surface area contributed by atoms with Crippen LogP contribution in [0, 0.1) is 0 Å². The molecule has 0 aliphatic rings. The number of ether oxygens (including phenoxy) is 1. The Morgan fingerprint density at radius 3 is 2.20 bits per heavy atom. The van der Waals surface area contributed by atoms with Gasteiger partial charge in [-0.3, -0.25) is 0 Å². The summed E-state index contributed by atoms with van der Waals surface area (Å²) in [5.74, 6) is 0.616. The molecule has 2 atom stereocenters. The van der Waals surface area contributed by atoms with Gasteiger partial charge < -0.3 is 10.1 Å². The number of nitrogens with one attached hydrogen (secondary N) is 2. The lowest BCUT2D eigenvalue weighted by Crippen LogP contribution is -2.44. The molecule has 0 saturated carbocycles. The lowest BCUT2D eigenvalue weighted by atomic mass is 9.99. The van der Waals surface area contributed by atoms with Gasteiger partial charge in [-0.1, -0.05) is 72.8 Å². The number of benzene rings is 4. The maximum atomic E-state index is 13.1. The first kappa shape index (κ1) is 26.7. The topological polar surface area (TPSA) is 67.4 Å². The average molecular weight is 511 g/mol. The van der Waals surface area contributed by atoms with Crippen LogP contribution < -0.4 is 14.8 Å². The maximum Gasteiger partial charge on any atom is 0.240 e. The SMILES string of the molecule is COc1ccc(S(=O)(=O)NC(CNC(C)c2cccc3ccccc23)Cc2ccccc2)cc1.Cl. The third kappa shape index (κ3) is 6.83. The minimum absolute atomic E-state index is 0. The largest absolute Gasteiger partial charge is 0.497 e. The summed E-state index contributed by atoms with van der Waals surface area (Å²) < 4.78 is 34.3. The zero-order chi connectivity index (χ0) is 24.0. The molecular weight excluding hydrogens is 480 g/mol. The van der Waals surface area contributed by atoms with Crippen molar-refractivity contribution >= 4 is 33.2 Å². The molecule has 0 saturated heterocycles. The van der Waals surface area contributed by atoms with Gasteiger partial charge >= 0.3 is 0 Å². The van der Waals surface area contributed by atoms with Crippen LogP contribution in [0.2, 0.25) is 0 Å². The first-order valence-corrected chi connectivity index (χ1v) is 12.9. The van der Waals surface area contributed by atoms with Gasteiger partial charge in [-0.15, -0.1) is 12.4 Å². The van der Waals surface area contributed by atoms with E-state index in [4.69, 9.17) is 4.74 Å². The Hall–Kier alpha value is -2.90. The van der Waals surface area contributed by atoms with Gasteiger partial charge in [0.05, 0.1) is 12.0 Å². The Labute approximate surface area is 214 Å². The van der Waals surface area contributed by atoms with Crippen LogP contribution in [-0.4, -0.2) is 28.1 Å². The summed E-state index contributed by atoms with van der Waals surface area (Å²) >= 11 is 0. The van der Waals surface area contributed by atoms with Crippen molar-refractivity contribution in [2.75, 3.05) is 13.7 Å². The molecular formula is C28H31ClN2O3S. The van der Waals surface area contributed by atoms with Crippen molar-refractivity contribution in [2.24, 2.45) is 0 Å². The summed E-state index contributed by atoms with van der Waals surface area (Å²) in [6.07, 6.45) is 0.575. The second kappa shape index (κ2) is 12.2. The lowest BCUT2D eigenvalue weighted by Gasteiger charge is -2.23. The fourth-order valence-electron chi connectivity index (χ4n) is 4.15. The Bertz CT molecular complexity index is 1320. The molecule has 0 aromatic heterocycles. The minimum atomic E-state index is -3.70. The molecule has 5 nitrogen and oxygen atoms in total. The Balaban J connectivity index is 0.00000342.